The molecule has 0 aliphatic rings. The predicted molar refractivity (Wildman–Crippen MR) is 102 cm³/mol. The standard InChI is InChI=1S/C16H20N4O2.HI/c1-2-12-5-7-13(8-6-12)20-16(17)19-11-15(21)18-10-14-4-3-9-22-14;/h3-9H,2,10-11H2,1H3,(H,18,21)(H3,17,19,20);1H. The van der Waals surface area contributed by atoms with E-state index in [0.29, 0.717) is 12.3 Å². The van der Waals surface area contributed by atoms with Crippen molar-refractivity contribution in [2.24, 2.45) is 10.7 Å². The smallest absolute Gasteiger partial charge is 0.242 e. The number of halogens is 1. The number of hydrogen-bond donors (Lipinski definition) is 3. The van der Waals surface area contributed by atoms with Gasteiger partial charge in [0.25, 0.3) is 0 Å². The van der Waals surface area contributed by atoms with E-state index in [1.807, 2.05) is 24.3 Å². The van der Waals surface area contributed by atoms with E-state index in [4.69, 9.17) is 10.2 Å². The van der Waals surface area contributed by atoms with E-state index < -0.39 is 0 Å². The zero-order valence-corrected chi connectivity index (χ0v) is 15.2. The molecule has 0 aliphatic heterocycles. The average Bonchev–Trinajstić information content (AvgIpc) is 3.05. The van der Waals surface area contributed by atoms with Crippen LogP contribution in [0.25, 0.3) is 0 Å². The van der Waals surface area contributed by atoms with Gasteiger partial charge in [0, 0.05) is 5.69 Å². The SMILES string of the molecule is CCc1ccc(NC(N)=NCC(=O)NCc2ccco2)cc1.I. The number of nitrogens with zero attached hydrogens (tertiary/aromatic N) is 1. The van der Waals surface area contributed by atoms with Crippen LogP contribution in [0.5, 0.6) is 0 Å². The van der Waals surface area contributed by atoms with Gasteiger partial charge in [-0.2, -0.15) is 0 Å². The molecule has 0 unspecified atom stereocenters. The van der Waals surface area contributed by atoms with Crippen LogP contribution in [0.4, 0.5) is 5.69 Å². The topological polar surface area (TPSA) is 92.6 Å². The number of aliphatic imine (C=N–C) groups is 1. The van der Waals surface area contributed by atoms with E-state index in [9.17, 15) is 4.79 Å². The first-order valence-corrected chi connectivity index (χ1v) is 7.12. The summed E-state index contributed by atoms with van der Waals surface area (Å²) in [5.41, 5.74) is 7.85. The van der Waals surface area contributed by atoms with Crippen molar-refractivity contribution in [3.05, 3.63) is 54.0 Å². The molecule has 0 aliphatic carbocycles. The van der Waals surface area contributed by atoms with Crippen molar-refractivity contribution < 1.29 is 9.21 Å². The summed E-state index contributed by atoms with van der Waals surface area (Å²) in [6.45, 7) is 2.40. The molecule has 0 bridgehead atoms. The van der Waals surface area contributed by atoms with Crippen molar-refractivity contribution in [3.63, 3.8) is 0 Å². The summed E-state index contributed by atoms with van der Waals surface area (Å²) in [6.07, 6.45) is 2.55. The van der Waals surface area contributed by atoms with E-state index in [0.717, 1.165) is 12.1 Å². The van der Waals surface area contributed by atoms with Gasteiger partial charge in [-0.25, -0.2) is 4.99 Å². The van der Waals surface area contributed by atoms with Crippen molar-refractivity contribution in [2.45, 2.75) is 19.9 Å². The first kappa shape index (κ1) is 19.0. The Balaban J connectivity index is 0.00000264. The lowest BCUT2D eigenvalue weighted by atomic mass is 10.1. The van der Waals surface area contributed by atoms with Crippen LogP contribution in [0.15, 0.2) is 52.1 Å². The number of carbonyl (C=O) groups excluding carboxylic acids is 1. The van der Waals surface area contributed by atoms with E-state index in [1.54, 1.807) is 18.4 Å². The molecule has 124 valence electrons. The van der Waals surface area contributed by atoms with Crippen molar-refractivity contribution in [3.8, 4) is 0 Å². The van der Waals surface area contributed by atoms with Gasteiger partial charge < -0.3 is 20.8 Å². The number of nitrogens with two attached hydrogens (primary N) is 1. The molecule has 0 atom stereocenters. The fourth-order valence-corrected chi connectivity index (χ4v) is 1.82. The highest BCUT2D eigenvalue weighted by atomic mass is 127. The van der Waals surface area contributed by atoms with Crippen LogP contribution < -0.4 is 16.4 Å². The Bertz CT molecular complexity index is 624. The highest BCUT2D eigenvalue weighted by Gasteiger charge is 2.02. The maximum Gasteiger partial charge on any atom is 0.242 e. The number of guanidine groups is 1. The lowest BCUT2D eigenvalue weighted by Gasteiger charge is -2.06. The summed E-state index contributed by atoms with van der Waals surface area (Å²) < 4.78 is 5.12. The quantitative estimate of drug-likeness (QED) is 0.375. The fraction of sp³-hybridized carbons (Fsp3) is 0.250. The molecule has 7 heteroatoms. The Morgan fingerprint density at radius 3 is 2.61 bits per heavy atom. The molecule has 0 saturated heterocycles. The van der Waals surface area contributed by atoms with Crippen LogP contribution in [-0.4, -0.2) is 18.4 Å². The zero-order valence-electron chi connectivity index (χ0n) is 12.9. The maximum absolute atomic E-state index is 11.6. The van der Waals surface area contributed by atoms with Gasteiger partial charge in [-0.05, 0) is 36.2 Å². The molecule has 0 radical (unpaired) electrons. The van der Waals surface area contributed by atoms with Gasteiger partial charge in [0.1, 0.15) is 12.3 Å². The minimum Gasteiger partial charge on any atom is -0.467 e. The van der Waals surface area contributed by atoms with Crippen LogP contribution in [-0.2, 0) is 17.8 Å². The van der Waals surface area contributed by atoms with E-state index in [2.05, 4.69) is 22.5 Å². The summed E-state index contributed by atoms with van der Waals surface area (Å²) in [6, 6.07) is 11.5. The Kier molecular flexibility index (Phi) is 8.17. The number of anilines is 1. The molecule has 0 fully saturated rings. The lowest BCUT2D eigenvalue weighted by Crippen LogP contribution is -2.28. The van der Waals surface area contributed by atoms with Crippen molar-refractivity contribution in [1.82, 2.24) is 5.32 Å². The highest BCUT2D eigenvalue weighted by molar-refractivity contribution is 14.0. The van der Waals surface area contributed by atoms with Gasteiger partial charge in [0.2, 0.25) is 5.91 Å². The molecule has 2 rings (SSSR count). The van der Waals surface area contributed by atoms with Crippen LogP contribution in [0.1, 0.15) is 18.2 Å². The summed E-state index contributed by atoms with van der Waals surface area (Å²) in [4.78, 5) is 15.6. The molecular formula is C16H21IN4O2. The first-order valence-electron chi connectivity index (χ1n) is 7.12. The molecule has 6 nitrogen and oxygen atoms in total. The zero-order chi connectivity index (χ0) is 15.8. The molecule has 0 spiro atoms. The summed E-state index contributed by atoms with van der Waals surface area (Å²) in [5, 5.41) is 5.64. The molecule has 0 saturated carbocycles. The third-order valence-corrected chi connectivity index (χ3v) is 3.07. The third kappa shape index (κ3) is 6.72. The number of carbonyl (C=O) groups is 1. The van der Waals surface area contributed by atoms with Gasteiger partial charge in [-0.3, -0.25) is 4.79 Å². The van der Waals surface area contributed by atoms with Gasteiger partial charge in [0.15, 0.2) is 5.96 Å². The number of benzene rings is 1. The Labute approximate surface area is 152 Å². The van der Waals surface area contributed by atoms with Crippen molar-refractivity contribution in [1.29, 1.82) is 0 Å². The first-order chi connectivity index (χ1) is 10.7. The van der Waals surface area contributed by atoms with Crippen LogP contribution in [0, 0.1) is 0 Å². The maximum atomic E-state index is 11.6. The number of hydrogen-bond acceptors (Lipinski definition) is 3. The molecule has 1 aromatic heterocycles. The number of nitrogens with one attached hydrogen (secondary N) is 2. The minimum atomic E-state index is -0.220. The largest absolute Gasteiger partial charge is 0.467 e. The van der Waals surface area contributed by atoms with E-state index in [1.165, 1.54) is 5.56 Å². The third-order valence-electron chi connectivity index (χ3n) is 3.07. The van der Waals surface area contributed by atoms with E-state index >= 15 is 0 Å². The van der Waals surface area contributed by atoms with Gasteiger partial charge in [0.05, 0.1) is 12.8 Å². The number of aryl methyl sites for hydroxylation is 1. The number of furan rings is 1. The summed E-state index contributed by atoms with van der Waals surface area (Å²) in [5.74, 6) is 0.680. The lowest BCUT2D eigenvalue weighted by molar-refractivity contribution is -0.119. The number of amides is 1. The van der Waals surface area contributed by atoms with Gasteiger partial charge >= 0.3 is 0 Å². The second-order valence-electron chi connectivity index (χ2n) is 4.73. The Hall–Kier alpha value is -2.03. The summed E-state index contributed by atoms with van der Waals surface area (Å²) >= 11 is 0. The highest BCUT2D eigenvalue weighted by Crippen LogP contribution is 2.09. The molecule has 1 amide bonds. The average molecular weight is 428 g/mol. The molecule has 2 aromatic rings. The molecule has 1 aromatic carbocycles. The molecule has 4 N–H and O–H groups in total. The van der Waals surface area contributed by atoms with Crippen LogP contribution in [0.3, 0.4) is 0 Å². The van der Waals surface area contributed by atoms with E-state index in [-0.39, 0.29) is 42.4 Å². The van der Waals surface area contributed by atoms with Crippen molar-refractivity contribution in [2.75, 3.05) is 11.9 Å². The number of rotatable bonds is 6. The van der Waals surface area contributed by atoms with Crippen molar-refractivity contribution >= 4 is 41.5 Å². The molecule has 1 heterocycles. The summed E-state index contributed by atoms with van der Waals surface area (Å²) in [7, 11) is 0. The second-order valence-corrected chi connectivity index (χ2v) is 4.73. The Morgan fingerprint density at radius 2 is 2.00 bits per heavy atom. The predicted octanol–water partition coefficient (Wildman–Crippen LogP) is 2.50. The molecular weight excluding hydrogens is 407 g/mol. The Morgan fingerprint density at radius 1 is 1.26 bits per heavy atom. The minimum absolute atomic E-state index is 0. The molecule has 23 heavy (non-hydrogen) atoms. The normalized spacial score (nSPS) is 10.7. The van der Waals surface area contributed by atoms with Crippen LogP contribution in [0.2, 0.25) is 0 Å². The van der Waals surface area contributed by atoms with Gasteiger partial charge in [-0.15, -0.1) is 24.0 Å². The van der Waals surface area contributed by atoms with Crippen LogP contribution >= 0.6 is 24.0 Å². The van der Waals surface area contributed by atoms with Gasteiger partial charge in [-0.1, -0.05) is 19.1 Å². The second kappa shape index (κ2) is 9.88. The fourth-order valence-electron chi connectivity index (χ4n) is 1.82. The monoisotopic (exact) mass is 428 g/mol.